The average molecular weight is 412 g/mol. The fraction of sp³-hybridized carbons (Fsp3) is 0.312. The first kappa shape index (κ1) is 14.9. The molecule has 21 heavy (non-hydrogen) atoms. The standard InChI is InChI=1S/C16H16Br2N2O/c1-10-4-2-3-5-11(10)8-14(21)20-7-6-13-12(9-20)15(17)16(18)19-13/h2-5,19H,6-9H2,1H3. The number of benzene rings is 1. The zero-order valence-corrected chi connectivity index (χ0v) is 14.9. The van der Waals surface area contributed by atoms with Crippen LogP contribution in [0.5, 0.6) is 0 Å². The number of aromatic nitrogens is 1. The van der Waals surface area contributed by atoms with Crippen LogP contribution in [0.4, 0.5) is 0 Å². The molecule has 0 spiro atoms. The summed E-state index contributed by atoms with van der Waals surface area (Å²) < 4.78 is 1.99. The van der Waals surface area contributed by atoms with Crippen LogP contribution in [0.3, 0.4) is 0 Å². The van der Waals surface area contributed by atoms with Crippen LogP contribution in [0, 0.1) is 6.92 Å². The number of H-pyrrole nitrogens is 1. The third-order valence-electron chi connectivity index (χ3n) is 4.02. The van der Waals surface area contributed by atoms with Gasteiger partial charge in [0.25, 0.3) is 0 Å². The monoisotopic (exact) mass is 410 g/mol. The van der Waals surface area contributed by atoms with Gasteiger partial charge in [-0.1, -0.05) is 24.3 Å². The number of hydrogen-bond acceptors (Lipinski definition) is 1. The summed E-state index contributed by atoms with van der Waals surface area (Å²) in [4.78, 5) is 17.8. The van der Waals surface area contributed by atoms with Gasteiger partial charge in [0.15, 0.2) is 0 Å². The van der Waals surface area contributed by atoms with Crippen LogP contribution < -0.4 is 0 Å². The van der Waals surface area contributed by atoms with E-state index in [0.717, 1.165) is 27.6 Å². The second-order valence-electron chi connectivity index (χ2n) is 5.38. The molecular weight excluding hydrogens is 396 g/mol. The maximum atomic E-state index is 12.5. The Kier molecular flexibility index (Phi) is 4.22. The third-order valence-corrected chi connectivity index (χ3v) is 6.02. The average Bonchev–Trinajstić information content (AvgIpc) is 2.76. The Bertz CT molecular complexity index is 694. The molecule has 0 unspecified atom stereocenters. The van der Waals surface area contributed by atoms with E-state index in [9.17, 15) is 4.79 Å². The number of carbonyl (C=O) groups is 1. The molecule has 0 saturated carbocycles. The molecule has 1 N–H and O–H groups in total. The van der Waals surface area contributed by atoms with E-state index < -0.39 is 0 Å². The smallest absolute Gasteiger partial charge is 0.227 e. The Balaban J connectivity index is 1.75. The van der Waals surface area contributed by atoms with E-state index in [2.05, 4.69) is 49.8 Å². The summed E-state index contributed by atoms with van der Waals surface area (Å²) in [5, 5.41) is 0. The van der Waals surface area contributed by atoms with Crippen molar-refractivity contribution < 1.29 is 4.79 Å². The molecule has 0 radical (unpaired) electrons. The summed E-state index contributed by atoms with van der Waals surface area (Å²) in [5.41, 5.74) is 4.69. The van der Waals surface area contributed by atoms with E-state index in [1.807, 2.05) is 23.1 Å². The van der Waals surface area contributed by atoms with Gasteiger partial charge in [-0.05, 0) is 49.9 Å². The minimum atomic E-state index is 0.194. The molecule has 3 nitrogen and oxygen atoms in total. The van der Waals surface area contributed by atoms with Gasteiger partial charge in [-0.2, -0.15) is 0 Å². The van der Waals surface area contributed by atoms with E-state index in [-0.39, 0.29) is 5.91 Å². The molecule has 0 bridgehead atoms. The van der Waals surface area contributed by atoms with Crippen LogP contribution in [0.2, 0.25) is 0 Å². The molecule has 110 valence electrons. The number of aryl methyl sites for hydroxylation is 1. The lowest BCUT2D eigenvalue weighted by molar-refractivity contribution is -0.131. The summed E-state index contributed by atoms with van der Waals surface area (Å²) in [6.45, 7) is 3.50. The highest BCUT2D eigenvalue weighted by molar-refractivity contribution is 9.13. The van der Waals surface area contributed by atoms with Gasteiger partial charge in [0.2, 0.25) is 5.91 Å². The normalized spacial score (nSPS) is 14.1. The van der Waals surface area contributed by atoms with Crippen molar-refractivity contribution in [2.45, 2.75) is 26.3 Å². The number of halogens is 2. The van der Waals surface area contributed by atoms with Crippen LogP contribution in [0.15, 0.2) is 33.3 Å². The predicted molar refractivity (Wildman–Crippen MR) is 90.2 cm³/mol. The largest absolute Gasteiger partial charge is 0.352 e. The van der Waals surface area contributed by atoms with Crippen molar-refractivity contribution in [2.24, 2.45) is 0 Å². The topological polar surface area (TPSA) is 36.1 Å². The Morgan fingerprint density at radius 1 is 1.33 bits per heavy atom. The first-order valence-electron chi connectivity index (χ1n) is 6.93. The lowest BCUT2D eigenvalue weighted by atomic mass is 10.0. The highest BCUT2D eigenvalue weighted by atomic mass is 79.9. The van der Waals surface area contributed by atoms with Crippen LogP contribution >= 0.6 is 31.9 Å². The van der Waals surface area contributed by atoms with E-state index >= 15 is 0 Å². The maximum Gasteiger partial charge on any atom is 0.227 e. The van der Waals surface area contributed by atoms with Crippen LogP contribution in [-0.2, 0) is 24.2 Å². The highest BCUT2D eigenvalue weighted by Gasteiger charge is 2.25. The van der Waals surface area contributed by atoms with Gasteiger partial charge >= 0.3 is 0 Å². The van der Waals surface area contributed by atoms with Gasteiger partial charge in [-0.15, -0.1) is 0 Å². The van der Waals surface area contributed by atoms with Crippen molar-refractivity contribution in [2.75, 3.05) is 6.54 Å². The Labute approximate surface area is 141 Å². The summed E-state index contributed by atoms with van der Waals surface area (Å²) in [6.07, 6.45) is 1.35. The molecule has 2 heterocycles. The summed E-state index contributed by atoms with van der Waals surface area (Å²) in [6, 6.07) is 8.08. The van der Waals surface area contributed by atoms with Gasteiger partial charge in [0, 0.05) is 30.8 Å². The van der Waals surface area contributed by atoms with Gasteiger partial charge in [-0.25, -0.2) is 0 Å². The van der Waals surface area contributed by atoms with Gasteiger partial charge in [0.05, 0.1) is 15.5 Å². The number of rotatable bonds is 2. The Hall–Kier alpha value is -1.07. The third kappa shape index (κ3) is 2.94. The molecular formula is C16H16Br2N2O. The van der Waals surface area contributed by atoms with Crippen molar-refractivity contribution in [3.8, 4) is 0 Å². The maximum absolute atomic E-state index is 12.5. The van der Waals surface area contributed by atoms with Crippen molar-refractivity contribution in [3.63, 3.8) is 0 Å². The van der Waals surface area contributed by atoms with Crippen LogP contribution in [0.1, 0.15) is 22.4 Å². The van der Waals surface area contributed by atoms with Crippen molar-refractivity contribution in [1.29, 1.82) is 0 Å². The van der Waals surface area contributed by atoms with Crippen molar-refractivity contribution >= 4 is 37.8 Å². The number of aromatic amines is 1. The van der Waals surface area contributed by atoms with Gasteiger partial charge in [-0.3, -0.25) is 4.79 Å². The lowest BCUT2D eigenvalue weighted by Crippen LogP contribution is -2.36. The van der Waals surface area contributed by atoms with Gasteiger partial charge in [0.1, 0.15) is 0 Å². The minimum absolute atomic E-state index is 0.194. The lowest BCUT2D eigenvalue weighted by Gasteiger charge is -2.27. The zero-order valence-electron chi connectivity index (χ0n) is 11.7. The molecule has 0 atom stereocenters. The molecule has 0 fully saturated rings. The van der Waals surface area contributed by atoms with Crippen LogP contribution in [0.25, 0.3) is 0 Å². The van der Waals surface area contributed by atoms with E-state index in [1.165, 1.54) is 16.8 Å². The fourth-order valence-corrected chi connectivity index (χ4v) is 3.66. The highest BCUT2D eigenvalue weighted by Crippen LogP contribution is 2.33. The van der Waals surface area contributed by atoms with Crippen molar-refractivity contribution in [1.82, 2.24) is 9.88 Å². The Morgan fingerprint density at radius 3 is 2.86 bits per heavy atom. The number of fused-ring (bicyclic) bond motifs is 1. The van der Waals surface area contributed by atoms with Crippen molar-refractivity contribution in [3.05, 3.63) is 55.7 Å². The molecule has 0 aliphatic carbocycles. The van der Waals surface area contributed by atoms with E-state index in [1.54, 1.807) is 0 Å². The molecule has 0 saturated heterocycles. The van der Waals surface area contributed by atoms with Crippen LogP contribution in [-0.4, -0.2) is 22.3 Å². The van der Waals surface area contributed by atoms with Gasteiger partial charge < -0.3 is 9.88 Å². The molecule has 3 rings (SSSR count). The number of nitrogens with zero attached hydrogens (tertiary/aromatic N) is 1. The summed E-state index contributed by atoms with van der Waals surface area (Å²) in [7, 11) is 0. The first-order valence-corrected chi connectivity index (χ1v) is 8.52. The van der Waals surface area contributed by atoms with E-state index in [4.69, 9.17) is 0 Å². The number of amides is 1. The van der Waals surface area contributed by atoms with E-state index in [0.29, 0.717) is 13.0 Å². The predicted octanol–water partition coefficient (Wildman–Crippen LogP) is 3.98. The Morgan fingerprint density at radius 2 is 2.10 bits per heavy atom. The second-order valence-corrected chi connectivity index (χ2v) is 6.96. The number of nitrogens with one attached hydrogen (secondary N) is 1. The molecule has 5 heteroatoms. The second kappa shape index (κ2) is 5.97. The molecule has 1 aromatic heterocycles. The quantitative estimate of drug-likeness (QED) is 0.797. The number of carbonyl (C=O) groups excluding carboxylic acids is 1. The first-order chi connectivity index (χ1) is 10.1. The molecule has 1 amide bonds. The molecule has 1 aromatic carbocycles. The SMILES string of the molecule is Cc1ccccc1CC(=O)N1CCc2[nH]c(Br)c(Br)c2C1. The fourth-order valence-electron chi connectivity index (χ4n) is 2.72. The summed E-state index contributed by atoms with van der Waals surface area (Å²) >= 11 is 7.07. The molecule has 1 aliphatic rings. The number of hydrogen-bond donors (Lipinski definition) is 1. The summed E-state index contributed by atoms with van der Waals surface area (Å²) in [5.74, 6) is 0.194. The molecule has 1 aliphatic heterocycles. The zero-order chi connectivity index (χ0) is 15.0. The molecule has 2 aromatic rings. The minimum Gasteiger partial charge on any atom is -0.352 e.